The lowest BCUT2D eigenvalue weighted by Gasteiger charge is -2.24. The van der Waals surface area contributed by atoms with Crippen LogP contribution in [0.4, 0.5) is 0 Å². The molecule has 7 heteroatoms. The molecule has 0 saturated carbocycles. The molecule has 1 rings (SSSR count). The standard InChI is InChI=1S/C13H25N3O3S/c1-6-16-9-12(7-11(16)8-14-4)20(17,18)15-13(2,3)10-19-5/h7,9,14-15H,6,8,10H2,1-5H3. The number of sulfonamides is 1. The molecule has 0 bridgehead atoms. The fourth-order valence-electron chi connectivity index (χ4n) is 2.11. The molecule has 0 amide bonds. The molecule has 0 atom stereocenters. The lowest BCUT2D eigenvalue weighted by molar-refractivity contribution is 0.141. The average Bonchev–Trinajstić information content (AvgIpc) is 2.72. The van der Waals surface area contributed by atoms with Crippen molar-refractivity contribution in [3.05, 3.63) is 18.0 Å². The van der Waals surface area contributed by atoms with Gasteiger partial charge < -0.3 is 14.6 Å². The number of nitrogens with zero attached hydrogens (tertiary/aromatic N) is 1. The zero-order valence-corrected chi connectivity index (χ0v) is 13.7. The molecule has 0 aliphatic carbocycles. The van der Waals surface area contributed by atoms with Crippen molar-refractivity contribution >= 4 is 10.0 Å². The highest BCUT2D eigenvalue weighted by Crippen LogP contribution is 2.17. The summed E-state index contributed by atoms with van der Waals surface area (Å²) in [6.07, 6.45) is 1.66. The Balaban J connectivity index is 3.04. The van der Waals surface area contributed by atoms with Crippen LogP contribution in [-0.4, -0.2) is 39.3 Å². The Morgan fingerprint density at radius 2 is 2.05 bits per heavy atom. The second kappa shape index (κ2) is 6.71. The molecule has 1 heterocycles. The van der Waals surface area contributed by atoms with Crippen LogP contribution in [0.3, 0.4) is 0 Å². The predicted molar refractivity (Wildman–Crippen MR) is 79.1 cm³/mol. The third-order valence-corrected chi connectivity index (χ3v) is 4.55. The lowest BCUT2D eigenvalue weighted by Crippen LogP contribution is -2.46. The van der Waals surface area contributed by atoms with E-state index in [0.29, 0.717) is 13.2 Å². The molecule has 1 aromatic heterocycles. The van der Waals surface area contributed by atoms with Crippen LogP contribution in [0.25, 0.3) is 0 Å². The first-order chi connectivity index (χ1) is 9.25. The van der Waals surface area contributed by atoms with Crippen molar-refractivity contribution in [2.24, 2.45) is 0 Å². The number of methoxy groups -OCH3 is 1. The molecule has 0 aliphatic heterocycles. The topological polar surface area (TPSA) is 72.4 Å². The summed E-state index contributed by atoms with van der Waals surface area (Å²) >= 11 is 0. The fourth-order valence-corrected chi connectivity index (χ4v) is 3.57. The molecular weight excluding hydrogens is 278 g/mol. The molecule has 0 aromatic carbocycles. The van der Waals surface area contributed by atoms with E-state index < -0.39 is 15.6 Å². The van der Waals surface area contributed by atoms with Crippen LogP contribution in [0.5, 0.6) is 0 Å². The highest BCUT2D eigenvalue weighted by atomic mass is 32.2. The van der Waals surface area contributed by atoms with Gasteiger partial charge in [0.2, 0.25) is 10.0 Å². The Hall–Kier alpha value is -0.890. The lowest BCUT2D eigenvalue weighted by atomic mass is 10.1. The van der Waals surface area contributed by atoms with E-state index in [-0.39, 0.29) is 4.90 Å². The Morgan fingerprint density at radius 3 is 2.55 bits per heavy atom. The normalized spacial score (nSPS) is 12.8. The number of hydrogen-bond donors (Lipinski definition) is 2. The number of aryl methyl sites for hydroxylation is 1. The summed E-state index contributed by atoms with van der Waals surface area (Å²) in [7, 11) is -0.164. The maximum atomic E-state index is 12.4. The quantitative estimate of drug-likeness (QED) is 0.749. The van der Waals surface area contributed by atoms with E-state index in [9.17, 15) is 8.42 Å². The van der Waals surface area contributed by atoms with E-state index in [4.69, 9.17) is 4.74 Å². The van der Waals surface area contributed by atoms with Gasteiger partial charge in [0.05, 0.1) is 17.0 Å². The monoisotopic (exact) mass is 303 g/mol. The molecule has 0 saturated heterocycles. The summed E-state index contributed by atoms with van der Waals surface area (Å²) in [6, 6.07) is 1.70. The highest BCUT2D eigenvalue weighted by molar-refractivity contribution is 7.89. The van der Waals surface area contributed by atoms with Crippen molar-refractivity contribution < 1.29 is 13.2 Å². The molecule has 0 radical (unpaired) electrons. The van der Waals surface area contributed by atoms with E-state index in [1.54, 1.807) is 33.2 Å². The van der Waals surface area contributed by atoms with E-state index in [1.165, 1.54) is 0 Å². The van der Waals surface area contributed by atoms with Crippen molar-refractivity contribution in [1.29, 1.82) is 0 Å². The van der Waals surface area contributed by atoms with Crippen LogP contribution >= 0.6 is 0 Å². The van der Waals surface area contributed by atoms with Gasteiger partial charge in [-0.3, -0.25) is 0 Å². The molecule has 0 fully saturated rings. The Kier molecular flexibility index (Phi) is 5.76. The van der Waals surface area contributed by atoms with Gasteiger partial charge in [0.1, 0.15) is 0 Å². The van der Waals surface area contributed by atoms with Crippen LogP contribution in [0.15, 0.2) is 17.2 Å². The first-order valence-electron chi connectivity index (χ1n) is 6.62. The highest BCUT2D eigenvalue weighted by Gasteiger charge is 2.27. The summed E-state index contributed by atoms with van der Waals surface area (Å²) in [5, 5.41) is 3.04. The zero-order chi connectivity index (χ0) is 15.4. The Morgan fingerprint density at radius 1 is 1.40 bits per heavy atom. The maximum absolute atomic E-state index is 12.4. The largest absolute Gasteiger partial charge is 0.383 e. The van der Waals surface area contributed by atoms with Crippen LogP contribution in [0, 0.1) is 0 Å². The minimum Gasteiger partial charge on any atom is -0.383 e. The van der Waals surface area contributed by atoms with Crippen molar-refractivity contribution in [3.63, 3.8) is 0 Å². The van der Waals surface area contributed by atoms with Crippen LogP contribution in [0.2, 0.25) is 0 Å². The molecule has 2 N–H and O–H groups in total. The predicted octanol–water partition coefficient (Wildman–Crippen LogP) is 0.931. The third-order valence-electron chi connectivity index (χ3n) is 2.89. The fraction of sp³-hybridized carbons (Fsp3) is 0.692. The van der Waals surface area contributed by atoms with Crippen molar-refractivity contribution in [2.45, 2.75) is 44.3 Å². The van der Waals surface area contributed by atoms with E-state index >= 15 is 0 Å². The molecule has 0 aliphatic rings. The van der Waals surface area contributed by atoms with Gasteiger partial charge in [-0.25, -0.2) is 13.1 Å². The average molecular weight is 303 g/mol. The minimum atomic E-state index is -3.55. The Labute approximate surface area is 121 Å². The first-order valence-corrected chi connectivity index (χ1v) is 8.10. The van der Waals surface area contributed by atoms with Gasteiger partial charge >= 0.3 is 0 Å². The number of hydrogen-bond acceptors (Lipinski definition) is 4. The van der Waals surface area contributed by atoms with Crippen LogP contribution in [-0.2, 0) is 27.8 Å². The summed E-state index contributed by atoms with van der Waals surface area (Å²) in [4.78, 5) is 0.286. The van der Waals surface area contributed by atoms with Gasteiger partial charge in [0, 0.05) is 32.1 Å². The smallest absolute Gasteiger partial charge is 0.242 e. The van der Waals surface area contributed by atoms with E-state index in [2.05, 4.69) is 10.0 Å². The molecule has 1 aromatic rings. The Bertz CT molecular complexity index is 535. The molecular formula is C13H25N3O3S. The first kappa shape index (κ1) is 17.2. The third kappa shape index (κ3) is 4.31. The second-order valence-electron chi connectivity index (χ2n) is 5.41. The van der Waals surface area contributed by atoms with Crippen molar-refractivity contribution in [3.8, 4) is 0 Å². The summed E-state index contributed by atoms with van der Waals surface area (Å²) < 4.78 is 34.4. The number of nitrogens with one attached hydrogen (secondary N) is 2. The van der Waals surface area contributed by atoms with Crippen molar-refractivity contribution in [2.75, 3.05) is 20.8 Å². The summed E-state index contributed by atoms with van der Waals surface area (Å²) in [6.45, 7) is 7.24. The maximum Gasteiger partial charge on any atom is 0.242 e. The molecule has 0 unspecified atom stereocenters. The minimum absolute atomic E-state index is 0.286. The molecule has 6 nitrogen and oxygen atoms in total. The van der Waals surface area contributed by atoms with Gasteiger partial charge in [-0.1, -0.05) is 0 Å². The summed E-state index contributed by atoms with van der Waals surface area (Å²) in [5.74, 6) is 0. The zero-order valence-electron chi connectivity index (χ0n) is 12.9. The van der Waals surface area contributed by atoms with Crippen LogP contribution in [0.1, 0.15) is 26.5 Å². The summed E-state index contributed by atoms with van der Waals surface area (Å²) in [5.41, 5.74) is 0.297. The number of rotatable bonds is 8. The molecule has 0 spiro atoms. The van der Waals surface area contributed by atoms with Crippen LogP contribution < -0.4 is 10.0 Å². The molecule has 116 valence electrons. The van der Waals surface area contributed by atoms with E-state index in [0.717, 1.165) is 12.2 Å². The van der Waals surface area contributed by atoms with E-state index in [1.807, 2.05) is 18.5 Å². The van der Waals surface area contributed by atoms with Gasteiger partial charge in [-0.2, -0.15) is 0 Å². The second-order valence-corrected chi connectivity index (χ2v) is 7.09. The number of aromatic nitrogens is 1. The SMILES string of the molecule is CCn1cc(S(=O)(=O)NC(C)(C)COC)cc1CNC. The number of ether oxygens (including phenoxy) is 1. The van der Waals surface area contributed by atoms with Gasteiger partial charge in [-0.15, -0.1) is 0 Å². The van der Waals surface area contributed by atoms with Crippen molar-refractivity contribution in [1.82, 2.24) is 14.6 Å². The molecule has 20 heavy (non-hydrogen) atoms. The van der Waals surface area contributed by atoms with Gasteiger partial charge in [0.25, 0.3) is 0 Å². The van der Waals surface area contributed by atoms with Gasteiger partial charge in [-0.05, 0) is 33.9 Å². The van der Waals surface area contributed by atoms with Gasteiger partial charge in [0.15, 0.2) is 0 Å².